The quantitative estimate of drug-likeness (QED) is 0.466. The van der Waals surface area contributed by atoms with Gasteiger partial charge in [-0.3, -0.25) is 0 Å². The Bertz CT molecular complexity index is 119. The molecule has 0 bridgehead atoms. The van der Waals surface area contributed by atoms with Crippen LogP contribution in [-0.4, -0.2) is 11.5 Å². The minimum absolute atomic E-state index is 0.0463. The number of rotatable bonds is 4. The highest BCUT2D eigenvalue weighted by molar-refractivity contribution is 8.04. The lowest BCUT2D eigenvalue weighted by Gasteiger charge is -2.14. The molecule has 1 atom stereocenters. The van der Waals surface area contributed by atoms with E-state index in [2.05, 4.69) is 0 Å². The van der Waals surface area contributed by atoms with Crippen LogP contribution >= 0.6 is 11.8 Å². The highest BCUT2D eigenvalue weighted by Gasteiger charge is 2.07. The van der Waals surface area contributed by atoms with Crippen molar-refractivity contribution in [1.29, 1.82) is 5.26 Å². The van der Waals surface area contributed by atoms with Gasteiger partial charge in [-0.05, 0) is 32.0 Å². The molecule has 0 N–H and O–H groups in total. The first-order valence-electron chi connectivity index (χ1n) is 3.40. The van der Waals surface area contributed by atoms with Crippen molar-refractivity contribution in [3.05, 3.63) is 0 Å². The lowest BCUT2D eigenvalue weighted by Crippen LogP contribution is -2.12. The highest BCUT2D eigenvalue weighted by Crippen LogP contribution is 2.15. The van der Waals surface area contributed by atoms with Crippen LogP contribution in [0, 0.1) is 10.7 Å². The van der Waals surface area contributed by atoms with Crippen LogP contribution in [-0.2, 0) is 4.74 Å². The van der Waals surface area contributed by atoms with Crippen molar-refractivity contribution < 1.29 is 4.74 Å². The third-order valence-corrected chi connectivity index (χ3v) is 1.75. The van der Waals surface area contributed by atoms with E-state index in [-0.39, 0.29) is 11.5 Å². The second kappa shape index (κ2) is 5.57. The summed E-state index contributed by atoms with van der Waals surface area (Å²) in [7, 11) is 0. The van der Waals surface area contributed by atoms with Crippen LogP contribution < -0.4 is 0 Å². The number of nitrogens with zero attached hydrogens (tertiary/aromatic N) is 1. The smallest absolute Gasteiger partial charge is 0.136 e. The van der Waals surface area contributed by atoms with E-state index >= 15 is 0 Å². The van der Waals surface area contributed by atoms with E-state index < -0.39 is 0 Å². The SMILES string of the molecule is CCC(OC(C)C)SC#N. The van der Waals surface area contributed by atoms with Crippen molar-refractivity contribution in [3.8, 4) is 5.40 Å². The normalized spacial score (nSPS) is 13.1. The maximum atomic E-state index is 8.31. The second-order valence-corrected chi connectivity index (χ2v) is 3.18. The maximum Gasteiger partial charge on any atom is 0.136 e. The van der Waals surface area contributed by atoms with Gasteiger partial charge in [0.05, 0.1) is 6.10 Å². The van der Waals surface area contributed by atoms with E-state index in [0.717, 1.165) is 6.42 Å². The molecule has 1 unspecified atom stereocenters. The summed E-state index contributed by atoms with van der Waals surface area (Å²) in [6.45, 7) is 5.96. The summed E-state index contributed by atoms with van der Waals surface area (Å²) in [4.78, 5) is 0. The first-order chi connectivity index (χ1) is 4.70. The molecule has 0 heterocycles. The van der Waals surface area contributed by atoms with Crippen LogP contribution in [0.2, 0.25) is 0 Å². The number of thiocyanates is 1. The predicted octanol–water partition coefficient (Wildman–Crippen LogP) is 2.36. The molecule has 0 spiro atoms. The Morgan fingerprint density at radius 2 is 2.20 bits per heavy atom. The van der Waals surface area contributed by atoms with Crippen LogP contribution in [0.4, 0.5) is 0 Å². The summed E-state index contributed by atoms with van der Waals surface area (Å²) in [5.74, 6) is 0. The molecule has 0 aliphatic heterocycles. The Balaban J connectivity index is 3.52. The van der Waals surface area contributed by atoms with Crippen LogP contribution in [0.25, 0.3) is 0 Å². The second-order valence-electron chi connectivity index (χ2n) is 2.23. The molecule has 0 saturated carbocycles. The van der Waals surface area contributed by atoms with Crippen molar-refractivity contribution in [2.45, 2.75) is 38.7 Å². The average molecular weight is 159 g/mol. The van der Waals surface area contributed by atoms with Gasteiger partial charge in [-0.2, -0.15) is 5.26 Å². The van der Waals surface area contributed by atoms with E-state index in [1.54, 1.807) is 0 Å². The molecule has 10 heavy (non-hydrogen) atoms. The molecule has 0 fully saturated rings. The predicted molar refractivity (Wildman–Crippen MR) is 43.5 cm³/mol. The average Bonchev–Trinajstić information content (AvgIpc) is 1.86. The van der Waals surface area contributed by atoms with Gasteiger partial charge in [0.1, 0.15) is 10.8 Å². The van der Waals surface area contributed by atoms with Crippen molar-refractivity contribution in [3.63, 3.8) is 0 Å². The molecule has 0 aliphatic rings. The zero-order valence-corrected chi connectivity index (χ0v) is 7.44. The number of hydrogen-bond acceptors (Lipinski definition) is 3. The lowest BCUT2D eigenvalue weighted by molar-refractivity contribution is 0.0581. The van der Waals surface area contributed by atoms with Gasteiger partial charge < -0.3 is 4.74 Å². The molecule has 0 radical (unpaired) electrons. The molecule has 0 aliphatic carbocycles. The van der Waals surface area contributed by atoms with Crippen molar-refractivity contribution in [1.82, 2.24) is 0 Å². The Labute approximate surface area is 66.6 Å². The highest BCUT2D eigenvalue weighted by atomic mass is 32.2. The Morgan fingerprint density at radius 3 is 2.50 bits per heavy atom. The van der Waals surface area contributed by atoms with Gasteiger partial charge in [0.15, 0.2) is 0 Å². The van der Waals surface area contributed by atoms with E-state index in [1.165, 1.54) is 11.8 Å². The fourth-order valence-corrected chi connectivity index (χ4v) is 1.13. The number of ether oxygens (including phenoxy) is 1. The minimum atomic E-state index is 0.0463. The molecular weight excluding hydrogens is 146 g/mol. The van der Waals surface area contributed by atoms with Crippen molar-refractivity contribution >= 4 is 11.8 Å². The standard InChI is InChI=1S/C7H13NOS/c1-4-7(10-5-8)9-6(2)3/h6-7H,4H2,1-3H3. The summed E-state index contributed by atoms with van der Waals surface area (Å²) in [6.07, 6.45) is 1.10. The zero-order chi connectivity index (χ0) is 7.98. The molecule has 58 valence electrons. The maximum absolute atomic E-state index is 8.31. The fraction of sp³-hybridized carbons (Fsp3) is 0.857. The lowest BCUT2D eigenvalue weighted by atomic mass is 10.4. The molecular formula is C7H13NOS. The Morgan fingerprint density at radius 1 is 1.60 bits per heavy atom. The van der Waals surface area contributed by atoms with Gasteiger partial charge in [-0.25, -0.2) is 0 Å². The van der Waals surface area contributed by atoms with Crippen molar-refractivity contribution in [2.24, 2.45) is 0 Å². The molecule has 0 saturated heterocycles. The van der Waals surface area contributed by atoms with Crippen LogP contribution in [0.3, 0.4) is 0 Å². The summed E-state index contributed by atoms with van der Waals surface area (Å²) in [5.41, 5.74) is 0.0463. The number of hydrogen-bond donors (Lipinski definition) is 0. The third kappa shape index (κ3) is 4.66. The van der Waals surface area contributed by atoms with E-state index in [1.807, 2.05) is 26.2 Å². The molecule has 2 nitrogen and oxygen atoms in total. The van der Waals surface area contributed by atoms with E-state index in [9.17, 15) is 0 Å². The Kier molecular flexibility index (Phi) is 5.46. The number of thioether (sulfide) groups is 1. The summed E-state index contributed by atoms with van der Waals surface area (Å²) < 4.78 is 5.38. The summed E-state index contributed by atoms with van der Waals surface area (Å²) >= 11 is 1.19. The first-order valence-corrected chi connectivity index (χ1v) is 4.28. The van der Waals surface area contributed by atoms with Gasteiger partial charge in [0, 0.05) is 0 Å². The molecule has 3 heteroatoms. The summed E-state index contributed by atoms with van der Waals surface area (Å²) in [6, 6.07) is 0. The molecule has 0 aromatic rings. The zero-order valence-electron chi connectivity index (χ0n) is 6.63. The van der Waals surface area contributed by atoms with Crippen LogP contribution in [0.5, 0.6) is 0 Å². The van der Waals surface area contributed by atoms with E-state index in [4.69, 9.17) is 10.00 Å². The van der Waals surface area contributed by atoms with Gasteiger partial charge in [-0.1, -0.05) is 6.92 Å². The van der Waals surface area contributed by atoms with Crippen LogP contribution in [0.1, 0.15) is 27.2 Å². The van der Waals surface area contributed by atoms with Gasteiger partial charge in [0.2, 0.25) is 0 Å². The van der Waals surface area contributed by atoms with Crippen molar-refractivity contribution in [2.75, 3.05) is 0 Å². The molecule has 0 amide bonds. The first kappa shape index (κ1) is 9.80. The molecule has 0 aromatic carbocycles. The topological polar surface area (TPSA) is 33.0 Å². The summed E-state index contributed by atoms with van der Waals surface area (Å²) in [5, 5.41) is 10.3. The monoisotopic (exact) mass is 159 g/mol. The largest absolute Gasteiger partial charge is 0.364 e. The van der Waals surface area contributed by atoms with Gasteiger partial charge in [-0.15, -0.1) is 0 Å². The minimum Gasteiger partial charge on any atom is -0.364 e. The number of nitriles is 1. The molecule has 0 rings (SSSR count). The molecule has 0 aromatic heterocycles. The van der Waals surface area contributed by atoms with Gasteiger partial charge in [0.25, 0.3) is 0 Å². The third-order valence-electron chi connectivity index (χ3n) is 0.941. The van der Waals surface area contributed by atoms with E-state index in [0.29, 0.717) is 0 Å². The van der Waals surface area contributed by atoms with Crippen LogP contribution in [0.15, 0.2) is 0 Å². The Hall–Kier alpha value is -0.200. The fourth-order valence-electron chi connectivity index (χ4n) is 0.570. The van der Waals surface area contributed by atoms with Gasteiger partial charge >= 0.3 is 0 Å².